The van der Waals surface area contributed by atoms with Crippen molar-refractivity contribution in [2.45, 2.75) is 0 Å². The van der Waals surface area contributed by atoms with E-state index in [0.717, 1.165) is 5.56 Å². The minimum atomic E-state index is -0.319. The van der Waals surface area contributed by atoms with E-state index in [4.69, 9.17) is 0 Å². The van der Waals surface area contributed by atoms with Crippen LogP contribution in [0.3, 0.4) is 0 Å². The van der Waals surface area contributed by atoms with Gasteiger partial charge in [0.15, 0.2) is 0 Å². The summed E-state index contributed by atoms with van der Waals surface area (Å²) in [6, 6.07) is 21.7. The van der Waals surface area contributed by atoms with Crippen LogP contribution >= 0.6 is 0 Å². The van der Waals surface area contributed by atoms with E-state index < -0.39 is 0 Å². The van der Waals surface area contributed by atoms with E-state index in [-0.39, 0.29) is 11.3 Å². The summed E-state index contributed by atoms with van der Waals surface area (Å²) in [6.45, 7) is 0. The summed E-state index contributed by atoms with van der Waals surface area (Å²) >= 11 is 0. The molecule has 4 aromatic rings. The van der Waals surface area contributed by atoms with E-state index >= 15 is 0 Å². The molecule has 0 amide bonds. The van der Waals surface area contributed by atoms with Gasteiger partial charge in [-0.25, -0.2) is 0 Å². The molecule has 2 N–H and O–H groups in total. The third kappa shape index (κ3) is 2.93. The Kier molecular flexibility index (Phi) is 4.45. The lowest BCUT2D eigenvalue weighted by molar-refractivity contribution is 0.475. The molecule has 0 saturated heterocycles. The number of benzene rings is 2. The molecular weight excluding hydrogens is 350 g/mol. The molecule has 0 saturated carbocycles. The van der Waals surface area contributed by atoms with Crippen molar-refractivity contribution in [3.05, 3.63) is 95.0 Å². The summed E-state index contributed by atoms with van der Waals surface area (Å²) < 4.78 is 0. The van der Waals surface area contributed by atoms with Crippen molar-refractivity contribution in [2.24, 2.45) is 0 Å². The van der Waals surface area contributed by atoms with Crippen LogP contribution in [0.2, 0.25) is 0 Å². The SMILES string of the molecule is N#Cc1ccccc1-c1c(-c2ccccc2)c(-c2ncccc2O)c[nH]c1=O. The number of hydrogen-bond acceptors (Lipinski definition) is 4. The van der Waals surface area contributed by atoms with Crippen LogP contribution in [-0.2, 0) is 0 Å². The fourth-order valence-electron chi connectivity index (χ4n) is 3.28. The number of hydrogen-bond donors (Lipinski definition) is 2. The smallest absolute Gasteiger partial charge is 0.256 e. The van der Waals surface area contributed by atoms with Gasteiger partial charge in [-0.1, -0.05) is 48.5 Å². The number of rotatable bonds is 3. The number of aromatic nitrogens is 2. The third-order valence-corrected chi connectivity index (χ3v) is 4.51. The number of nitrogens with zero attached hydrogens (tertiary/aromatic N) is 2. The number of aromatic hydroxyl groups is 1. The van der Waals surface area contributed by atoms with Gasteiger partial charge in [-0.15, -0.1) is 0 Å². The lowest BCUT2D eigenvalue weighted by atomic mass is 9.89. The number of H-pyrrole nitrogens is 1. The standard InChI is InChI=1S/C23H15N3O2/c24-13-16-9-4-5-10-17(16)21-20(15-7-2-1-3-8-15)18(14-26-23(21)28)22-19(27)11-6-12-25-22/h1-12,14,27H,(H,26,28). The van der Waals surface area contributed by atoms with Gasteiger partial charge in [-0.3, -0.25) is 9.78 Å². The Balaban J connectivity index is 2.16. The molecule has 2 aromatic carbocycles. The molecule has 28 heavy (non-hydrogen) atoms. The van der Waals surface area contributed by atoms with Crippen molar-refractivity contribution >= 4 is 0 Å². The van der Waals surface area contributed by atoms with Crippen LogP contribution in [0.4, 0.5) is 0 Å². The van der Waals surface area contributed by atoms with E-state index in [1.54, 1.807) is 48.8 Å². The maximum Gasteiger partial charge on any atom is 0.256 e. The van der Waals surface area contributed by atoms with E-state index in [9.17, 15) is 15.2 Å². The first-order valence-electron chi connectivity index (χ1n) is 8.65. The summed E-state index contributed by atoms with van der Waals surface area (Å²) in [5, 5.41) is 19.9. The lowest BCUT2D eigenvalue weighted by Crippen LogP contribution is -2.12. The minimum absolute atomic E-state index is 0.00579. The molecule has 0 bridgehead atoms. The Morgan fingerprint density at radius 3 is 2.39 bits per heavy atom. The summed E-state index contributed by atoms with van der Waals surface area (Å²) in [4.78, 5) is 19.9. The van der Waals surface area contributed by atoms with Gasteiger partial charge in [0.2, 0.25) is 0 Å². The second-order valence-electron chi connectivity index (χ2n) is 6.18. The Morgan fingerprint density at radius 2 is 1.64 bits per heavy atom. The molecule has 0 fully saturated rings. The molecule has 134 valence electrons. The van der Waals surface area contributed by atoms with Crippen LogP contribution in [0, 0.1) is 11.3 Å². The molecule has 0 aliphatic rings. The molecule has 0 radical (unpaired) electrons. The van der Waals surface area contributed by atoms with Crippen molar-refractivity contribution in [3.8, 4) is 45.3 Å². The molecule has 2 heterocycles. The predicted molar refractivity (Wildman–Crippen MR) is 108 cm³/mol. The molecule has 0 atom stereocenters. The lowest BCUT2D eigenvalue weighted by Gasteiger charge is -2.16. The molecule has 4 rings (SSSR count). The first-order chi connectivity index (χ1) is 13.7. The highest BCUT2D eigenvalue weighted by Crippen LogP contribution is 2.40. The average molecular weight is 365 g/mol. The van der Waals surface area contributed by atoms with Gasteiger partial charge >= 0.3 is 0 Å². The Bertz CT molecular complexity index is 1250. The zero-order valence-electron chi connectivity index (χ0n) is 14.8. The largest absolute Gasteiger partial charge is 0.506 e. The molecular formula is C23H15N3O2. The van der Waals surface area contributed by atoms with Crippen LogP contribution in [-0.4, -0.2) is 15.1 Å². The van der Waals surface area contributed by atoms with Crippen molar-refractivity contribution in [3.63, 3.8) is 0 Å². The summed E-state index contributed by atoms with van der Waals surface area (Å²) in [5.74, 6) is 0.00579. The third-order valence-electron chi connectivity index (χ3n) is 4.51. The molecule has 5 heteroatoms. The molecule has 0 spiro atoms. The van der Waals surface area contributed by atoms with E-state index in [0.29, 0.717) is 33.5 Å². The number of aromatic amines is 1. The zero-order chi connectivity index (χ0) is 19.5. The average Bonchev–Trinajstić information content (AvgIpc) is 2.75. The zero-order valence-corrected chi connectivity index (χ0v) is 14.8. The fourth-order valence-corrected chi connectivity index (χ4v) is 3.28. The highest BCUT2D eigenvalue weighted by Gasteiger charge is 2.21. The highest BCUT2D eigenvalue weighted by molar-refractivity contribution is 5.95. The molecule has 0 unspecified atom stereocenters. The van der Waals surface area contributed by atoms with Crippen LogP contribution in [0.15, 0.2) is 83.9 Å². The fraction of sp³-hybridized carbons (Fsp3) is 0. The van der Waals surface area contributed by atoms with E-state index in [1.807, 2.05) is 30.3 Å². The minimum Gasteiger partial charge on any atom is -0.506 e. The quantitative estimate of drug-likeness (QED) is 0.565. The van der Waals surface area contributed by atoms with Gasteiger partial charge in [0.1, 0.15) is 11.4 Å². The van der Waals surface area contributed by atoms with Gasteiger partial charge in [0.25, 0.3) is 5.56 Å². The van der Waals surface area contributed by atoms with Gasteiger partial charge in [0.05, 0.1) is 17.2 Å². The first kappa shape index (κ1) is 17.3. The normalized spacial score (nSPS) is 10.4. The first-order valence-corrected chi connectivity index (χ1v) is 8.65. The van der Waals surface area contributed by atoms with Gasteiger partial charge < -0.3 is 10.1 Å². The Morgan fingerprint density at radius 1 is 0.893 bits per heavy atom. The topological polar surface area (TPSA) is 89.8 Å². The van der Waals surface area contributed by atoms with E-state index in [2.05, 4.69) is 16.0 Å². The molecule has 5 nitrogen and oxygen atoms in total. The van der Waals surface area contributed by atoms with Crippen molar-refractivity contribution in [1.29, 1.82) is 5.26 Å². The maximum absolute atomic E-state index is 12.9. The number of nitriles is 1. The monoisotopic (exact) mass is 365 g/mol. The Labute approximate surface area is 161 Å². The molecule has 0 aliphatic carbocycles. The molecule has 2 aromatic heterocycles. The number of pyridine rings is 2. The van der Waals surface area contributed by atoms with Crippen LogP contribution in [0.1, 0.15) is 5.56 Å². The maximum atomic E-state index is 12.9. The van der Waals surface area contributed by atoms with Crippen molar-refractivity contribution < 1.29 is 5.11 Å². The predicted octanol–water partition coefficient (Wildman–Crippen LogP) is 4.35. The van der Waals surface area contributed by atoms with Gasteiger partial charge in [-0.2, -0.15) is 5.26 Å². The van der Waals surface area contributed by atoms with Crippen LogP contribution in [0.25, 0.3) is 33.5 Å². The van der Waals surface area contributed by atoms with Gasteiger partial charge in [0, 0.05) is 29.1 Å². The Hall–Kier alpha value is -4.17. The van der Waals surface area contributed by atoms with Crippen LogP contribution in [0.5, 0.6) is 5.75 Å². The van der Waals surface area contributed by atoms with E-state index in [1.165, 1.54) is 0 Å². The summed E-state index contributed by atoms with van der Waals surface area (Å²) in [5.41, 5.74) is 3.30. The highest BCUT2D eigenvalue weighted by atomic mass is 16.3. The van der Waals surface area contributed by atoms with Crippen LogP contribution < -0.4 is 5.56 Å². The molecule has 0 aliphatic heterocycles. The van der Waals surface area contributed by atoms with Gasteiger partial charge in [-0.05, 0) is 23.8 Å². The summed E-state index contributed by atoms with van der Waals surface area (Å²) in [6.07, 6.45) is 3.13. The van der Waals surface area contributed by atoms with Crippen molar-refractivity contribution in [1.82, 2.24) is 9.97 Å². The second kappa shape index (κ2) is 7.22. The summed E-state index contributed by atoms with van der Waals surface area (Å²) in [7, 11) is 0. The second-order valence-corrected chi connectivity index (χ2v) is 6.18. The van der Waals surface area contributed by atoms with Crippen molar-refractivity contribution in [2.75, 3.05) is 0 Å². The number of nitrogens with one attached hydrogen (secondary N) is 1.